The molecule has 2 N–H and O–H groups in total. The van der Waals surface area contributed by atoms with E-state index < -0.39 is 11.2 Å². The van der Waals surface area contributed by atoms with E-state index in [2.05, 4.69) is 11.8 Å². The van der Waals surface area contributed by atoms with Crippen molar-refractivity contribution in [1.29, 1.82) is 0 Å². The van der Waals surface area contributed by atoms with Gasteiger partial charge in [0.05, 0.1) is 5.60 Å². The summed E-state index contributed by atoms with van der Waals surface area (Å²) in [6.45, 7) is 3.32. The van der Waals surface area contributed by atoms with Gasteiger partial charge in [-0.15, -0.1) is 0 Å². The Hall–Kier alpha value is -0.520. The molecular weight excluding hydrogens is 176 g/mol. The number of aliphatic hydroxyl groups is 2. The van der Waals surface area contributed by atoms with Crippen molar-refractivity contribution in [3.63, 3.8) is 0 Å². The molecule has 0 saturated heterocycles. The standard InChI is InChI=1S/C12H20O2/c1-11(2,13)7-6-10-12(14)8-4-3-5-9-12/h13-14H,3-5,8-10H2,1-2H3. The van der Waals surface area contributed by atoms with Crippen LogP contribution in [-0.4, -0.2) is 21.4 Å². The lowest BCUT2D eigenvalue weighted by Gasteiger charge is -2.30. The van der Waals surface area contributed by atoms with Crippen LogP contribution in [0.3, 0.4) is 0 Å². The van der Waals surface area contributed by atoms with Gasteiger partial charge in [-0.3, -0.25) is 0 Å². The lowest BCUT2D eigenvalue weighted by atomic mass is 9.82. The molecule has 80 valence electrons. The van der Waals surface area contributed by atoms with Crippen LogP contribution in [0, 0.1) is 11.8 Å². The molecule has 0 spiro atoms. The Labute approximate surface area is 86.3 Å². The molecule has 1 saturated carbocycles. The molecule has 0 unspecified atom stereocenters. The van der Waals surface area contributed by atoms with E-state index in [1.807, 2.05) is 0 Å². The minimum atomic E-state index is -0.939. The van der Waals surface area contributed by atoms with E-state index in [0.717, 1.165) is 25.7 Å². The van der Waals surface area contributed by atoms with E-state index in [0.29, 0.717) is 6.42 Å². The zero-order valence-corrected chi connectivity index (χ0v) is 9.14. The Morgan fingerprint density at radius 3 is 2.29 bits per heavy atom. The van der Waals surface area contributed by atoms with Crippen LogP contribution in [0.5, 0.6) is 0 Å². The summed E-state index contributed by atoms with van der Waals surface area (Å²) in [5.74, 6) is 5.63. The van der Waals surface area contributed by atoms with Gasteiger partial charge in [0, 0.05) is 6.42 Å². The van der Waals surface area contributed by atoms with Crippen molar-refractivity contribution < 1.29 is 10.2 Å². The average molecular weight is 196 g/mol. The molecular formula is C12H20O2. The fourth-order valence-corrected chi connectivity index (χ4v) is 1.81. The Morgan fingerprint density at radius 2 is 1.79 bits per heavy atom. The highest BCUT2D eigenvalue weighted by atomic mass is 16.3. The van der Waals surface area contributed by atoms with Crippen LogP contribution in [0.15, 0.2) is 0 Å². The van der Waals surface area contributed by atoms with Gasteiger partial charge in [0.1, 0.15) is 5.60 Å². The normalized spacial score (nSPS) is 21.1. The molecule has 0 radical (unpaired) electrons. The summed E-state index contributed by atoms with van der Waals surface area (Å²) in [6, 6.07) is 0. The van der Waals surface area contributed by atoms with E-state index in [9.17, 15) is 10.2 Å². The summed E-state index contributed by atoms with van der Waals surface area (Å²) in [5, 5.41) is 19.5. The van der Waals surface area contributed by atoms with Gasteiger partial charge < -0.3 is 10.2 Å². The van der Waals surface area contributed by atoms with Gasteiger partial charge in [-0.2, -0.15) is 0 Å². The lowest BCUT2D eigenvalue weighted by molar-refractivity contribution is 0.00882. The van der Waals surface area contributed by atoms with Crippen molar-refractivity contribution in [1.82, 2.24) is 0 Å². The highest BCUT2D eigenvalue weighted by Crippen LogP contribution is 2.30. The zero-order chi connectivity index (χ0) is 10.7. The van der Waals surface area contributed by atoms with Crippen LogP contribution >= 0.6 is 0 Å². The number of hydrogen-bond acceptors (Lipinski definition) is 2. The molecule has 0 aromatic carbocycles. The monoisotopic (exact) mass is 196 g/mol. The van der Waals surface area contributed by atoms with E-state index in [4.69, 9.17) is 0 Å². The molecule has 0 amide bonds. The molecule has 1 aliphatic rings. The van der Waals surface area contributed by atoms with Gasteiger partial charge in [-0.1, -0.05) is 31.1 Å². The van der Waals surface area contributed by atoms with E-state index in [-0.39, 0.29) is 0 Å². The highest BCUT2D eigenvalue weighted by molar-refractivity contribution is 5.12. The highest BCUT2D eigenvalue weighted by Gasteiger charge is 2.27. The second kappa shape index (κ2) is 4.33. The van der Waals surface area contributed by atoms with Crippen molar-refractivity contribution in [2.75, 3.05) is 0 Å². The third-order valence-corrected chi connectivity index (χ3v) is 2.60. The maximum absolute atomic E-state index is 10.1. The summed E-state index contributed by atoms with van der Waals surface area (Å²) >= 11 is 0. The Bertz CT molecular complexity index is 233. The van der Waals surface area contributed by atoms with Crippen LogP contribution in [0.25, 0.3) is 0 Å². The topological polar surface area (TPSA) is 40.5 Å². The molecule has 2 nitrogen and oxygen atoms in total. The van der Waals surface area contributed by atoms with Crippen molar-refractivity contribution in [3.8, 4) is 11.8 Å². The van der Waals surface area contributed by atoms with E-state index >= 15 is 0 Å². The molecule has 0 aromatic heterocycles. The molecule has 0 atom stereocenters. The molecule has 14 heavy (non-hydrogen) atoms. The summed E-state index contributed by atoms with van der Waals surface area (Å²) in [5.41, 5.74) is -1.53. The summed E-state index contributed by atoms with van der Waals surface area (Å²) in [7, 11) is 0. The smallest absolute Gasteiger partial charge is 0.119 e. The largest absolute Gasteiger partial charge is 0.389 e. The fourth-order valence-electron chi connectivity index (χ4n) is 1.81. The van der Waals surface area contributed by atoms with Gasteiger partial charge in [-0.05, 0) is 26.7 Å². The molecule has 1 rings (SSSR count). The summed E-state index contributed by atoms with van der Waals surface area (Å²) in [4.78, 5) is 0. The van der Waals surface area contributed by atoms with Crippen LogP contribution in [0.4, 0.5) is 0 Å². The van der Waals surface area contributed by atoms with E-state index in [1.54, 1.807) is 13.8 Å². The van der Waals surface area contributed by atoms with Crippen LogP contribution in [-0.2, 0) is 0 Å². The Balaban J connectivity index is 2.45. The molecule has 1 aliphatic carbocycles. The molecule has 0 aliphatic heterocycles. The maximum atomic E-state index is 10.1. The number of rotatable bonds is 1. The van der Waals surface area contributed by atoms with E-state index in [1.165, 1.54) is 6.42 Å². The van der Waals surface area contributed by atoms with Crippen LogP contribution in [0.1, 0.15) is 52.4 Å². The SMILES string of the molecule is CC(C)(O)C#CCC1(O)CCCCC1. The minimum absolute atomic E-state index is 0.497. The first kappa shape index (κ1) is 11.6. The second-order valence-electron chi connectivity index (χ2n) is 4.82. The molecule has 2 heteroatoms. The first-order valence-electron chi connectivity index (χ1n) is 5.36. The van der Waals surface area contributed by atoms with Gasteiger partial charge in [-0.25, -0.2) is 0 Å². The second-order valence-corrected chi connectivity index (χ2v) is 4.82. The maximum Gasteiger partial charge on any atom is 0.119 e. The molecule has 1 fully saturated rings. The van der Waals surface area contributed by atoms with Crippen molar-refractivity contribution in [2.45, 2.75) is 63.6 Å². The quantitative estimate of drug-likeness (QED) is 0.628. The van der Waals surface area contributed by atoms with Gasteiger partial charge in [0.15, 0.2) is 0 Å². The predicted octanol–water partition coefficient (Wildman–Crippen LogP) is 1.85. The lowest BCUT2D eigenvalue weighted by Crippen LogP contribution is -2.30. The van der Waals surface area contributed by atoms with Gasteiger partial charge >= 0.3 is 0 Å². The molecule has 0 bridgehead atoms. The van der Waals surface area contributed by atoms with Crippen molar-refractivity contribution in [2.24, 2.45) is 0 Å². The first-order valence-corrected chi connectivity index (χ1v) is 5.36. The van der Waals surface area contributed by atoms with Gasteiger partial charge in [0.25, 0.3) is 0 Å². The minimum Gasteiger partial charge on any atom is -0.389 e. The van der Waals surface area contributed by atoms with Crippen LogP contribution < -0.4 is 0 Å². The van der Waals surface area contributed by atoms with Crippen molar-refractivity contribution in [3.05, 3.63) is 0 Å². The van der Waals surface area contributed by atoms with Crippen LogP contribution in [0.2, 0.25) is 0 Å². The predicted molar refractivity (Wildman–Crippen MR) is 56.7 cm³/mol. The Morgan fingerprint density at radius 1 is 1.21 bits per heavy atom. The average Bonchev–Trinajstić information content (AvgIpc) is 2.02. The third kappa shape index (κ3) is 4.13. The number of hydrogen-bond donors (Lipinski definition) is 2. The first-order chi connectivity index (χ1) is 6.41. The molecule has 0 heterocycles. The van der Waals surface area contributed by atoms with Crippen molar-refractivity contribution >= 4 is 0 Å². The Kier molecular flexibility index (Phi) is 3.58. The molecule has 0 aromatic rings. The van der Waals surface area contributed by atoms with Gasteiger partial charge in [0.2, 0.25) is 0 Å². The zero-order valence-electron chi connectivity index (χ0n) is 9.14. The third-order valence-electron chi connectivity index (χ3n) is 2.60. The fraction of sp³-hybridized carbons (Fsp3) is 0.833. The summed E-state index contributed by atoms with van der Waals surface area (Å²) < 4.78 is 0. The summed E-state index contributed by atoms with van der Waals surface area (Å²) in [6.07, 6.45) is 5.63.